The maximum atomic E-state index is 12.8. The lowest BCUT2D eigenvalue weighted by molar-refractivity contribution is 0.0644. The summed E-state index contributed by atoms with van der Waals surface area (Å²) < 4.78 is 2.26. The standard InChI is InChI=1S/C16H18ClN3O/c1-10-3-6-15-11(2)20(8-7-19(10)15)16(21)13-9-12(17)4-5-14(13)18/h3-6,9,11H,7-8,18H2,1-2H3. The Kier molecular flexibility index (Phi) is 3.41. The van der Waals surface area contributed by atoms with Crippen LogP contribution in [0.3, 0.4) is 0 Å². The molecule has 1 unspecified atom stereocenters. The van der Waals surface area contributed by atoms with Crippen LogP contribution in [0.1, 0.15) is 34.7 Å². The van der Waals surface area contributed by atoms with Crippen molar-refractivity contribution in [2.45, 2.75) is 26.4 Å². The number of hydrogen-bond donors (Lipinski definition) is 1. The Bertz CT molecular complexity index is 708. The second kappa shape index (κ2) is 5.11. The predicted octanol–water partition coefficient (Wildman–Crippen LogP) is 3.25. The van der Waals surface area contributed by atoms with E-state index in [-0.39, 0.29) is 11.9 Å². The lowest BCUT2D eigenvalue weighted by Crippen LogP contribution is -2.41. The summed E-state index contributed by atoms with van der Waals surface area (Å²) in [5.41, 5.74) is 9.26. The van der Waals surface area contributed by atoms with Crippen LogP contribution in [0.15, 0.2) is 30.3 Å². The first-order valence-electron chi connectivity index (χ1n) is 7.01. The van der Waals surface area contributed by atoms with Gasteiger partial charge in [0.1, 0.15) is 0 Å². The minimum absolute atomic E-state index is 0.0262. The van der Waals surface area contributed by atoms with Crippen LogP contribution in [0.4, 0.5) is 5.69 Å². The molecule has 4 nitrogen and oxygen atoms in total. The number of fused-ring (bicyclic) bond motifs is 1. The zero-order valence-corrected chi connectivity index (χ0v) is 12.9. The number of anilines is 1. The van der Waals surface area contributed by atoms with Gasteiger partial charge in [0.05, 0.1) is 11.6 Å². The first kappa shape index (κ1) is 14.0. The molecule has 2 N–H and O–H groups in total. The molecule has 0 saturated heterocycles. The number of amides is 1. The maximum absolute atomic E-state index is 12.8. The highest BCUT2D eigenvalue weighted by Gasteiger charge is 2.29. The predicted molar refractivity (Wildman–Crippen MR) is 84.5 cm³/mol. The summed E-state index contributed by atoms with van der Waals surface area (Å²) in [4.78, 5) is 14.6. The Morgan fingerprint density at radius 2 is 2.05 bits per heavy atom. The number of hydrogen-bond acceptors (Lipinski definition) is 2. The Morgan fingerprint density at radius 3 is 2.81 bits per heavy atom. The number of halogens is 1. The fraction of sp³-hybridized carbons (Fsp3) is 0.312. The van der Waals surface area contributed by atoms with Gasteiger partial charge >= 0.3 is 0 Å². The first-order chi connectivity index (χ1) is 9.99. The number of aromatic nitrogens is 1. The molecule has 0 radical (unpaired) electrons. The summed E-state index contributed by atoms with van der Waals surface area (Å²) >= 11 is 5.99. The average molecular weight is 304 g/mol. The van der Waals surface area contributed by atoms with E-state index < -0.39 is 0 Å². The normalized spacial score (nSPS) is 17.7. The van der Waals surface area contributed by atoms with Gasteiger partial charge in [0.25, 0.3) is 5.91 Å². The summed E-state index contributed by atoms with van der Waals surface area (Å²) in [6.45, 7) is 5.62. The fourth-order valence-corrected chi connectivity index (χ4v) is 3.14. The van der Waals surface area contributed by atoms with E-state index in [0.29, 0.717) is 22.8 Å². The third-order valence-corrected chi connectivity index (χ3v) is 4.43. The van der Waals surface area contributed by atoms with E-state index in [1.54, 1.807) is 18.2 Å². The Balaban J connectivity index is 1.95. The molecule has 2 heterocycles. The van der Waals surface area contributed by atoms with Crippen molar-refractivity contribution in [3.8, 4) is 0 Å². The van der Waals surface area contributed by atoms with E-state index in [1.165, 1.54) is 5.69 Å². The van der Waals surface area contributed by atoms with Gasteiger partial charge in [-0.2, -0.15) is 0 Å². The minimum Gasteiger partial charge on any atom is -0.398 e. The van der Waals surface area contributed by atoms with Crippen LogP contribution in [0.2, 0.25) is 5.02 Å². The highest BCUT2D eigenvalue weighted by atomic mass is 35.5. The number of benzene rings is 1. The van der Waals surface area contributed by atoms with Gasteiger partial charge in [0, 0.05) is 35.2 Å². The zero-order valence-electron chi connectivity index (χ0n) is 12.1. The van der Waals surface area contributed by atoms with Crippen molar-refractivity contribution in [3.63, 3.8) is 0 Å². The lowest BCUT2D eigenvalue weighted by Gasteiger charge is -2.35. The summed E-state index contributed by atoms with van der Waals surface area (Å²) in [5.74, 6) is -0.0624. The molecule has 1 aliphatic rings. The van der Waals surface area contributed by atoms with Gasteiger partial charge in [-0.05, 0) is 44.2 Å². The molecular weight excluding hydrogens is 286 g/mol. The van der Waals surface area contributed by atoms with Gasteiger partial charge in [-0.1, -0.05) is 11.6 Å². The molecule has 1 aromatic heterocycles. The first-order valence-corrected chi connectivity index (χ1v) is 7.39. The van der Waals surface area contributed by atoms with E-state index in [0.717, 1.165) is 12.2 Å². The number of carbonyl (C=O) groups is 1. The van der Waals surface area contributed by atoms with Gasteiger partial charge in [0.15, 0.2) is 0 Å². The summed E-state index contributed by atoms with van der Waals surface area (Å²) in [6.07, 6.45) is 0. The molecule has 3 rings (SSSR count). The van der Waals surface area contributed by atoms with Crippen molar-refractivity contribution in [3.05, 3.63) is 52.3 Å². The molecule has 2 aromatic rings. The lowest BCUT2D eigenvalue weighted by atomic mass is 10.1. The number of carbonyl (C=O) groups excluding carboxylic acids is 1. The molecule has 0 bridgehead atoms. The smallest absolute Gasteiger partial charge is 0.256 e. The maximum Gasteiger partial charge on any atom is 0.256 e. The van der Waals surface area contributed by atoms with Gasteiger partial charge in [0.2, 0.25) is 0 Å². The molecule has 5 heteroatoms. The summed E-state index contributed by atoms with van der Waals surface area (Å²) in [6, 6.07) is 9.22. The van der Waals surface area contributed by atoms with Crippen molar-refractivity contribution in [1.29, 1.82) is 0 Å². The number of aryl methyl sites for hydroxylation is 1. The van der Waals surface area contributed by atoms with Crippen LogP contribution < -0.4 is 5.73 Å². The van der Waals surface area contributed by atoms with E-state index in [1.807, 2.05) is 11.8 Å². The quantitative estimate of drug-likeness (QED) is 0.822. The number of nitrogens with two attached hydrogens (primary N) is 1. The second-order valence-electron chi connectivity index (χ2n) is 5.46. The van der Waals surface area contributed by atoms with Crippen molar-refractivity contribution < 1.29 is 4.79 Å². The van der Waals surface area contributed by atoms with E-state index in [9.17, 15) is 4.79 Å². The number of nitrogen functional groups attached to an aromatic ring is 1. The molecule has 0 aliphatic carbocycles. The molecule has 0 fully saturated rings. The molecule has 110 valence electrons. The topological polar surface area (TPSA) is 51.3 Å². The monoisotopic (exact) mass is 303 g/mol. The van der Waals surface area contributed by atoms with E-state index in [2.05, 4.69) is 23.6 Å². The Labute approximate surface area is 129 Å². The zero-order chi connectivity index (χ0) is 15.1. The molecule has 0 spiro atoms. The van der Waals surface area contributed by atoms with Crippen LogP contribution in [0, 0.1) is 6.92 Å². The van der Waals surface area contributed by atoms with Gasteiger partial charge in [-0.15, -0.1) is 0 Å². The van der Waals surface area contributed by atoms with Crippen LogP contribution in [-0.2, 0) is 6.54 Å². The second-order valence-corrected chi connectivity index (χ2v) is 5.89. The van der Waals surface area contributed by atoms with Gasteiger partial charge < -0.3 is 15.2 Å². The molecule has 1 atom stereocenters. The molecule has 1 aromatic carbocycles. The number of rotatable bonds is 1. The van der Waals surface area contributed by atoms with E-state index in [4.69, 9.17) is 17.3 Å². The Hall–Kier alpha value is -1.94. The highest BCUT2D eigenvalue weighted by Crippen LogP contribution is 2.30. The van der Waals surface area contributed by atoms with Crippen molar-refractivity contribution >= 4 is 23.2 Å². The molecule has 1 amide bonds. The SMILES string of the molecule is Cc1ccc2n1CCN(C(=O)c1cc(Cl)ccc1N)C2C. The van der Waals surface area contributed by atoms with Crippen molar-refractivity contribution in [1.82, 2.24) is 9.47 Å². The molecule has 21 heavy (non-hydrogen) atoms. The average Bonchev–Trinajstić information content (AvgIpc) is 2.84. The van der Waals surface area contributed by atoms with Crippen LogP contribution in [-0.4, -0.2) is 21.9 Å². The molecular formula is C16H18ClN3O. The van der Waals surface area contributed by atoms with Crippen LogP contribution in [0.25, 0.3) is 0 Å². The third kappa shape index (κ3) is 2.29. The number of nitrogens with zero attached hydrogens (tertiary/aromatic N) is 2. The molecule has 0 saturated carbocycles. The van der Waals surface area contributed by atoms with Crippen LogP contribution in [0.5, 0.6) is 0 Å². The largest absolute Gasteiger partial charge is 0.398 e. The Morgan fingerprint density at radius 1 is 1.29 bits per heavy atom. The third-order valence-electron chi connectivity index (χ3n) is 4.20. The van der Waals surface area contributed by atoms with E-state index >= 15 is 0 Å². The summed E-state index contributed by atoms with van der Waals surface area (Å²) in [5, 5.41) is 0.524. The van der Waals surface area contributed by atoms with Gasteiger partial charge in [-0.25, -0.2) is 0 Å². The van der Waals surface area contributed by atoms with Crippen LogP contribution >= 0.6 is 11.6 Å². The summed E-state index contributed by atoms with van der Waals surface area (Å²) in [7, 11) is 0. The molecule has 1 aliphatic heterocycles. The minimum atomic E-state index is -0.0624. The highest BCUT2D eigenvalue weighted by molar-refractivity contribution is 6.31. The fourth-order valence-electron chi connectivity index (χ4n) is 2.97. The van der Waals surface area contributed by atoms with Gasteiger partial charge in [-0.3, -0.25) is 4.79 Å². The van der Waals surface area contributed by atoms with Crippen molar-refractivity contribution in [2.75, 3.05) is 12.3 Å². The van der Waals surface area contributed by atoms with Crippen molar-refractivity contribution in [2.24, 2.45) is 0 Å².